The zero-order chi connectivity index (χ0) is 17.2. The Kier molecular flexibility index (Phi) is 4.83. The number of aryl methyl sites for hydroxylation is 2. The van der Waals surface area contributed by atoms with Crippen molar-refractivity contribution >= 4 is 23.4 Å². The Hall–Kier alpha value is -2.23. The number of amides is 1. The number of carbonyl (C=O) groups excluding carboxylic acids is 1. The van der Waals surface area contributed by atoms with E-state index in [9.17, 15) is 18.0 Å². The minimum absolute atomic E-state index is 0.139. The number of anilines is 1. The lowest BCUT2D eigenvalue weighted by molar-refractivity contribution is -0.146. The molecule has 3 N–H and O–H groups in total. The normalized spacial score (nSPS) is 11.5. The summed E-state index contributed by atoms with van der Waals surface area (Å²) in [6.07, 6.45) is -4.69. The van der Waals surface area contributed by atoms with E-state index in [-0.39, 0.29) is 16.8 Å². The lowest BCUT2D eigenvalue weighted by atomic mass is 10.1. The highest BCUT2D eigenvalue weighted by Gasteiger charge is 2.38. The predicted octanol–water partition coefficient (Wildman–Crippen LogP) is 2.36. The van der Waals surface area contributed by atoms with Crippen LogP contribution in [0.3, 0.4) is 0 Å². The molecule has 0 saturated heterocycles. The lowest BCUT2D eigenvalue weighted by Crippen LogP contribution is -2.22. The summed E-state index contributed by atoms with van der Waals surface area (Å²) < 4.78 is 37.9. The Labute approximate surface area is 134 Å². The van der Waals surface area contributed by atoms with Crippen molar-refractivity contribution in [3.05, 3.63) is 35.2 Å². The minimum Gasteiger partial charge on any atom is -0.335 e. The van der Waals surface area contributed by atoms with E-state index < -0.39 is 12.0 Å². The highest BCUT2D eigenvalue weighted by molar-refractivity contribution is 7.99. The van der Waals surface area contributed by atoms with Crippen LogP contribution in [0.25, 0.3) is 0 Å². The molecule has 1 aromatic carbocycles. The smallest absolute Gasteiger partial charge is 0.335 e. The molecule has 124 valence electrons. The molecule has 2 aromatic rings. The molecule has 1 heterocycles. The summed E-state index contributed by atoms with van der Waals surface area (Å²) in [5.74, 6) is 3.46. The number of aromatic nitrogens is 3. The van der Waals surface area contributed by atoms with Crippen molar-refractivity contribution in [3.8, 4) is 0 Å². The highest BCUT2D eigenvalue weighted by Crippen LogP contribution is 2.28. The largest absolute Gasteiger partial charge is 0.453 e. The maximum Gasteiger partial charge on any atom is 0.453 e. The second-order valence-corrected chi connectivity index (χ2v) is 5.83. The number of thioether (sulfide) groups is 1. The zero-order valence-electron chi connectivity index (χ0n) is 12.3. The average molecular weight is 345 g/mol. The van der Waals surface area contributed by atoms with Crippen molar-refractivity contribution < 1.29 is 18.0 Å². The number of hydrogen-bond acceptors (Lipinski definition) is 5. The first-order chi connectivity index (χ1) is 10.7. The number of carbonyl (C=O) groups is 1. The van der Waals surface area contributed by atoms with Gasteiger partial charge in [0.05, 0.1) is 5.75 Å². The molecule has 23 heavy (non-hydrogen) atoms. The number of halogens is 3. The molecule has 0 aliphatic rings. The summed E-state index contributed by atoms with van der Waals surface area (Å²) in [7, 11) is 0. The first-order valence-corrected chi connectivity index (χ1v) is 7.44. The summed E-state index contributed by atoms with van der Waals surface area (Å²) in [5, 5.41) is 8.81. The topological polar surface area (TPSA) is 85.8 Å². The minimum atomic E-state index is -4.69. The van der Waals surface area contributed by atoms with Gasteiger partial charge < -0.3 is 11.2 Å². The van der Waals surface area contributed by atoms with Crippen LogP contribution in [0.1, 0.15) is 17.0 Å². The van der Waals surface area contributed by atoms with Crippen molar-refractivity contribution in [2.45, 2.75) is 25.2 Å². The first kappa shape index (κ1) is 17.1. The van der Waals surface area contributed by atoms with Crippen molar-refractivity contribution in [1.29, 1.82) is 0 Å². The summed E-state index contributed by atoms with van der Waals surface area (Å²) in [6, 6.07) is 5.55. The number of hydrogen-bond donors (Lipinski definition) is 2. The molecule has 6 nitrogen and oxygen atoms in total. The van der Waals surface area contributed by atoms with Crippen molar-refractivity contribution in [1.82, 2.24) is 14.9 Å². The number of nitrogens with zero attached hydrogens (tertiary/aromatic N) is 3. The van der Waals surface area contributed by atoms with E-state index >= 15 is 0 Å². The molecule has 0 unspecified atom stereocenters. The van der Waals surface area contributed by atoms with Crippen molar-refractivity contribution in [2.24, 2.45) is 0 Å². The van der Waals surface area contributed by atoms with E-state index in [0.717, 1.165) is 22.9 Å². The van der Waals surface area contributed by atoms with Crippen LogP contribution in [0.2, 0.25) is 0 Å². The van der Waals surface area contributed by atoms with Gasteiger partial charge >= 0.3 is 6.18 Å². The van der Waals surface area contributed by atoms with Crippen LogP contribution in [-0.2, 0) is 11.0 Å². The van der Waals surface area contributed by atoms with Gasteiger partial charge in [-0.15, -0.1) is 10.2 Å². The number of alkyl halides is 3. The lowest BCUT2D eigenvalue weighted by Gasteiger charge is -2.08. The third-order valence-electron chi connectivity index (χ3n) is 2.76. The van der Waals surface area contributed by atoms with Crippen LogP contribution >= 0.6 is 11.8 Å². The van der Waals surface area contributed by atoms with Gasteiger partial charge in [0.15, 0.2) is 0 Å². The molecular weight excluding hydrogens is 331 g/mol. The maximum absolute atomic E-state index is 12.5. The fraction of sp³-hybridized carbons (Fsp3) is 0.308. The predicted molar refractivity (Wildman–Crippen MR) is 80.4 cm³/mol. The van der Waals surface area contributed by atoms with E-state index in [1.807, 2.05) is 19.9 Å². The molecule has 0 bridgehead atoms. The molecule has 2 rings (SSSR count). The van der Waals surface area contributed by atoms with E-state index in [1.54, 1.807) is 12.1 Å². The second-order valence-electron chi connectivity index (χ2n) is 4.89. The standard InChI is InChI=1S/C13H14F3N5OS/c1-7-3-8(2)5-9(4-7)18-10(22)6-23-12-20-19-11(21(12)17)13(14,15)16/h3-5H,6,17H2,1-2H3,(H,18,22). The van der Waals surface area contributed by atoms with Crippen LogP contribution in [0.15, 0.2) is 23.4 Å². The third kappa shape index (κ3) is 4.38. The van der Waals surface area contributed by atoms with E-state index in [4.69, 9.17) is 5.84 Å². The molecule has 0 radical (unpaired) electrons. The Bertz CT molecular complexity index is 709. The molecule has 1 amide bonds. The number of benzene rings is 1. The van der Waals surface area contributed by atoms with Gasteiger partial charge in [-0.1, -0.05) is 17.8 Å². The van der Waals surface area contributed by atoms with Crippen LogP contribution < -0.4 is 11.2 Å². The number of nitrogens with two attached hydrogens (primary N) is 1. The summed E-state index contributed by atoms with van der Waals surface area (Å²) in [4.78, 5) is 11.9. The van der Waals surface area contributed by atoms with Gasteiger partial charge in [-0.25, -0.2) is 4.68 Å². The molecular formula is C13H14F3N5OS. The Morgan fingerprint density at radius 2 is 1.87 bits per heavy atom. The molecule has 0 aliphatic carbocycles. The molecule has 0 aliphatic heterocycles. The van der Waals surface area contributed by atoms with Gasteiger partial charge in [0.1, 0.15) is 0 Å². The van der Waals surface area contributed by atoms with E-state index in [2.05, 4.69) is 15.5 Å². The van der Waals surface area contributed by atoms with Gasteiger partial charge in [-0.2, -0.15) is 13.2 Å². The van der Waals surface area contributed by atoms with Gasteiger partial charge in [0.2, 0.25) is 11.1 Å². The van der Waals surface area contributed by atoms with Crippen LogP contribution in [-0.4, -0.2) is 26.5 Å². The Balaban J connectivity index is 1.98. The maximum atomic E-state index is 12.5. The van der Waals surface area contributed by atoms with Gasteiger partial charge in [-0.05, 0) is 37.1 Å². The second kappa shape index (κ2) is 6.49. The third-order valence-corrected chi connectivity index (χ3v) is 3.70. The van der Waals surface area contributed by atoms with Gasteiger partial charge in [0.25, 0.3) is 5.82 Å². The molecule has 0 saturated carbocycles. The SMILES string of the molecule is Cc1cc(C)cc(NC(=O)CSc2nnc(C(F)(F)F)n2N)c1. The fourth-order valence-electron chi connectivity index (χ4n) is 1.94. The van der Waals surface area contributed by atoms with Crippen LogP contribution in [0.5, 0.6) is 0 Å². The Morgan fingerprint density at radius 1 is 1.26 bits per heavy atom. The van der Waals surface area contributed by atoms with Crippen molar-refractivity contribution in [2.75, 3.05) is 16.9 Å². The summed E-state index contributed by atoms with van der Waals surface area (Å²) in [6.45, 7) is 3.79. The zero-order valence-corrected chi connectivity index (χ0v) is 13.1. The monoisotopic (exact) mass is 345 g/mol. The van der Waals surface area contributed by atoms with Crippen LogP contribution in [0, 0.1) is 13.8 Å². The Morgan fingerprint density at radius 3 is 2.39 bits per heavy atom. The molecule has 1 aromatic heterocycles. The van der Waals surface area contributed by atoms with E-state index in [0.29, 0.717) is 10.4 Å². The van der Waals surface area contributed by atoms with Gasteiger partial charge in [-0.3, -0.25) is 4.79 Å². The fourth-order valence-corrected chi connectivity index (χ4v) is 2.60. The van der Waals surface area contributed by atoms with E-state index in [1.165, 1.54) is 0 Å². The molecule has 0 fully saturated rings. The average Bonchev–Trinajstić information content (AvgIpc) is 2.76. The molecule has 0 atom stereocenters. The van der Waals surface area contributed by atoms with Crippen molar-refractivity contribution in [3.63, 3.8) is 0 Å². The highest BCUT2D eigenvalue weighted by atomic mass is 32.2. The van der Waals surface area contributed by atoms with Crippen LogP contribution in [0.4, 0.5) is 18.9 Å². The molecule has 0 spiro atoms. The summed E-state index contributed by atoms with van der Waals surface area (Å²) >= 11 is 0.772. The molecule has 10 heteroatoms. The van der Waals surface area contributed by atoms with Gasteiger partial charge in [0, 0.05) is 5.69 Å². The quantitative estimate of drug-likeness (QED) is 0.656. The first-order valence-electron chi connectivity index (χ1n) is 6.45. The summed E-state index contributed by atoms with van der Waals surface area (Å²) in [5.41, 5.74) is 2.60. The number of nitrogens with one attached hydrogen (secondary N) is 1. The number of nitrogen functional groups attached to an aromatic ring is 1. The number of rotatable bonds is 4.